The van der Waals surface area contributed by atoms with E-state index in [1.807, 2.05) is 29.2 Å². The van der Waals surface area contributed by atoms with Gasteiger partial charge in [-0.2, -0.15) is 5.26 Å². The first-order chi connectivity index (χ1) is 16.6. The molecule has 6 nitrogen and oxygen atoms in total. The van der Waals surface area contributed by atoms with Crippen molar-refractivity contribution in [1.29, 1.82) is 5.26 Å². The number of fused-ring (bicyclic) bond motifs is 3. The number of amides is 1. The van der Waals surface area contributed by atoms with Crippen molar-refractivity contribution in [2.24, 2.45) is 0 Å². The minimum atomic E-state index is -1.55. The zero-order chi connectivity index (χ0) is 23.4. The van der Waals surface area contributed by atoms with E-state index < -0.39 is 11.3 Å². The van der Waals surface area contributed by atoms with Crippen molar-refractivity contribution in [1.82, 2.24) is 4.57 Å². The molecule has 1 N–H and O–H groups in total. The van der Waals surface area contributed by atoms with Crippen molar-refractivity contribution in [2.75, 3.05) is 10.2 Å². The van der Waals surface area contributed by atoms with E-state index in [2.05, 4.69) is 11.4 Å². The topological polar surface area (TPSA) is 78.1 Å². The van der Waals surface area contributed by atoms with E-state index in [1.54, 1.807) is 41.2 Å². The average Bonchev–Trinajstić information content (AvgIpc) is 3.47. The molecule has 0 unspecified atom stereocenters. The molecule has 3 aliphatic rings. The predicted molar refractivity (Wildman–Crippen MR) is 125 cm³/mol. The van der Waals surface area contributed by atoms with Crippen LogP contribution in [0.15, 0.2) is 89.9 Å². The molecule has 0 saturated heterocycles. The number of carbonyl (C=O) groups excluding carboxylic acids is 2. The van der Waals surface area contributed by atoms with Crippen LogP contribution in [0.2, 0.25) is 0 Å². The lowest BCUT2D eigenvalue weighted by Crippen LogP contribution is -2.49. The summed E-state index contributed by atoms with van der Waals surface area (Å²) in [6, 6.07) is 19.1. The van der Waals surface area contributed by atoms with E-state index >= 15 is 0 Å². The molecule has 1 aliphatic carbocycles. The number of nitriles is 1. The first-order valence-electron chi connectivity index (χ1n) is 11.1. The molecular weight excluding hydrogens is 431 g/mol. The van der Waals surface area contributed by atoms with Crippen molar-refractivity contribution in [3.63, 3.8) is 0 Å². The number of carbonyl (C=O) groups is 2. The first-order valence-corrected chi connectivity index (χ1v) is 11.1. The zero-order valence-corrected chi connectivity index (χ0v) is 18.1. The molecule has 0 saturated carbocycles. The largest absolute Gasteiger partial charge is 0.324 e. The highest BCUT2D eigenvalue weighted by molar-refractivity contribution is 6.21. The Morgan fingerprint density at radius 1 is 0.971 bits per heavy atom. The van der Waals surface area contributed by atoms with Crippen LogP contribution in [0.3, 0.4) is 0 Å². The van der Waals surface area contributed by atoms with Crippen molar-refractivity contribution < 1.29 is 14.0 Å². The fourth-order valence-electron chi connectivity index (χ4n) is 5.49. The highest BCUT2D eigenvalue weighted by Crippen LogP contribution is 2.56. The van der Waals surface area contributed by atoms with Crippen LogP contribution in [-0.2, 0) is 15.0 Å². The summed E-state index contributed by atoms with van der Waals surface area (Å²) in [4.78, 5) is 29.2. The number of hydrogen-bond donors (Lipinski definition) is 1. The Kier molecular flexibility index (Phi) is 4.33. The van der Waals surface area contributed by atoms with Crippen LogP contribution in [0, 0.1) is 17.1 Å². The van der Waals surface area contributed by atoms with Gasteiger partial charge in [-0.3, -0.25) is 14.5 Å². The average molecular weight is 450 g/mol. The second kappa shape index (κ2) is 7.29. The molecule has 1 amide bonds. The van der Waals surface area contributed by atoms with Crippen molar-refractivity contribution in [3.8, 4) is 6.07 Å². The molecule has 6 rings (SSSR count). The Morgan fingerprint density at radius 3 is 2.44 bits per heavy atom. The molecule has 2 aliphatic heterocycles. The van der Waals surface area contributed by atoms with E-state index in [0.29, 0.717) is 53.3 Å². The second-order valence-corrected chi connectivity index (χ2v) is 8.56. The van der Waals surface area contributed by atoms with Gasteiger partial charge in [-0.15, -0.1) is 0 Å². The van der Waals surface area contributed by atoms with Gasteiger partial charge in [0.05, 0.1) is 5.57 Å². The van der Waals surface area contributed by atoms with Crippen molar-refractivity contribution in [2.45, 2.75) is 24.7 Å². The van der Waals surface area contributed by atoms with E-state index in [9.17, 15) is 19.2 Å². The number of benzene rings is 2. The van der Waals surface area contributed by atoms with E-state index in [0.717, 1.165) is 0 Å². The second-order valence-electron chi connectivity index (χ2n) is 8.56. The molecule has 2 aromatic carbocycles. The quantitative estimate of drug-likeness (QED) is 0.612. The van der Waals surface area contributed by atoms with Crippen LogP contribution in [0.1, 0.15) is 24.8 Å². The number of nitrogens with one attached hydrogen (secondary N) is 1. The summed E-state index contributed by atoms with van der Waals surface area (Å²) in [5, 5.41) is 13.5. The summed E-state index contributed by atoms with van der Waals surface area (Å²) in [5.74, 6) is -0.488. The number of ketones is 1. The number of rotatable bonds is 2. The van der Waals surface area contributed by atoms with Gasteiger partial charge in [0.2, 0.25) is 5.91 Å². The number of hydrogen-bond acceptors (Lipinski definition) is 4. The lowest BCUT2D eigenvalue weighted by Gasteiger charge is -2.44. The van der Waals surface area contributed by atoms with Crippen molar-refractivity contribution in [3.05, 3.63) is 101 Å². The molecule has 3 aromatic rings. The fraction of sp³-hybridized carbons (Fsp3) is 0.148. The lowest BCUT2D eigenvalue weighted by atomic mass is 9.63. The van der Waals surface area contributed by atoms with Crippen LogP contribution in [0.25, 0.3) is 5.82 Å². The summed E-state index contributed by atoms with van der Waals surface area (Å²) in [6.07, 6.45) is 5.05. The van der Waals surface area contributed by atoms with Gasteiger partial charge in [-0.25, -0.2) is 4.39 Å². The van der Waals surface area contributed by atoms with Crippen LogP contribution in [0.5, 0.6) is 0 Å². The smallest absolute Gasteiger partial charge is 0.245 e. The van der Waals surface area contributed by atoms with E-state index in [1.165, 1.54) is 12.1 Å². The summed E-state index contributed by atoms with van der Waals surface area (Å²) in [6.45, 7) is 0. The maximum Gasteiger partial charge on any atom is 0.245 e. The summed E-state index contributed by atoms with van der Waals surface area (Å²) >= 11 is 0. The third kappa shape index (κ3) is 2.54. The van der Waals surface area contributed by atoms with Crippen LogP contribution in [-0.4, -0.2) is 16.3 Å². The van der Waals surface area contributed by atoms with Gasteiger partial charge < -0.3 is 9.88 Å². The third-order valence-electron chi connectivity index (χ3n) is 6.81. The molecule has 34 heavy (non-hydrogen) atoms. The van der Waals surface area contributed by atoms with Crippen LogP contribution in [0.4, 0.5) is 15.8 Å². The first kappa shape index (κ1) is 20.2. The van der Waals surface area contributed by atoms with Crippen molar-refractivity contribution >= 4 is 28.9 Å². The lowest BCUT2D eigenvalue weighted by molar-refractivity contribution is -0.122. The Morgan fingerprint density at radius 2 is 1.71 bits per heavy atom. The van der Waals surface area contributed by atoms with Gasteiger partial charge in [-0.1, -0.05) is 18.2 Å². The van der Waals surface area contributed by atoms with Gasteiger partial charge in [0, 0.05) is 47.0 Å². The van der Waals surface area contributed by atoms with E-state index in [4.69, 9.17) is 0 Å². The Labute approximate surface area is 195 Å². The maximum absolute atomic E-state index is 13.8. The normalized spacial score (nSPS) is 21.5. The molecule has 0 bridgehead atoms. The molecular formula is C27H19FN4O2. The monoisotopic (exact) mass is 450 g/mol. The standard InChI is InChI=1S/C27H19FN4O2/c28-17-10-12-18(13-11-17)32-22-8-5-9-23(33)24(22)27(19-6-1-2-7-21(19)30-26(27)34)20(16-29)25(32)31-14-3-4-15-31/h1-4,6-7,10-15H,5,8-9H2,(H,30,34)/t27-/m1/s1. The Hall–Kier alpha value is -4.44. The number of allylic oxidation sites excluding steroid dienone is 1. The Bertz CT molecular complexity index is 1460. The molecule has 166 valence electrons. The molecule has 0 radical (unpaired) electrons. The van der Waals surface area contributed by atoms with Gasteiger partial charge in [0.1, 0.15) is 23.1 Å². The summed E-state index contributed by atoms with van der Waals surface area (Å²) in [7, 11) is 0. The summed E-state index contributed by atoms with van der Waals surface area (Å²) in [5.41, 5.74) is 1.41. The molecule has 1 aromatic heterocycles. The predicted octanol–water partition coefficient (Wildman–Crippen LogP) is 4.74. The number of Topliss-reactive ketones (excluding diaryl/α,β-unsaturated/α-hetero) is 1. The molecule has 1 atom stereocenters. The molecule has 1 spiro atoms. The number of aromatic nitrogens is 1. The SMILES string of the molecule is N#CC1=C(n2cccc2)N(c2ccc(F)cc2)C2=C(C(=O)CCC2)[C@]12C(=O)Nc1ccccc12. The van der Waals surface area contributed by atoms with Crippen LogP contribution >= 0.6 is 0 Å². The fourth-order valence-corrected chi connectivity index (χ4v) is 5.49. The Balaban J connectivity index is 1.78. The zero-order valence-electron chi connectivity index (χ0n) is 18.1. The van der Waals surface area contributed by atoms with Gasteiger partial charge in [0.15, 0.2) is 5.78 Å². The summed E-state index contributed by atoms with van der Waals surface area (Å²) < 4.78 is 15.6. The van der Waals surface area contributed by atoms with Gasteiger partial charge in [0.25, 0.3) is 0 Å². The molecule has 7 heteroatoms. The van der Waals surface area contributed by atoms with Gasteiger partial charge in [-0.05, 0) is 55.3 Å². The third-order valence-corrected chi connectivity index (χ3v) is 6.81. The number of para-hydroxylation sites is 1. The highest BCUT2D eigenvalue weighted by Gasteiger charge is 2.60. The minimum absolute atomic E-state index is 0.153. The molecule has 0 fully saturated rings. The van der Waals surface area contributed by atoms with Crippen LogP contribution < -0.4 is 10.2 Å². The molecule has 3 heterocycles. The maximum atomic E-state index is 13.8. The number of nitrogens with zero attached hydrogens (tertiary/aromatic N) is 3. The highest BCUT2D eigenvalue weighted by atomic mass is 19.1. The number of anilines is 2. The van der Waals surface area contributed by atoms with E-state index in [-0.39, 0.29) is 17.2 Å². The van der Waals surface area contributed by atoms with Gasteiger partial charge >= 0.3 is 0 Å². The minimum Gasteiger partial charge on any atom is -0.324 e. The number of halogens is 1.